The second-order valence-electron chi connectivity index (χ2n) is 11.0. The Hall–Kier alpha value is -3.61. The Morgan fingerprint density at radius 1 is 1.05 bits per heavy atom. The first-order chi connectivity index (χ1) is 19.2. The SMILES string of the molecule is C=CC=[C-]CC(C)=N/C(=C\C)C1(c2cccc(-c3[c-]cccc3)n2)C(C=C)=C(C=C)c2ccc(C(C)(C)C)cc21.[Pt+2]. The predicted octanol–water partition coefficient (Wildman–Crippen LogP) is 9.57. The Balaban J connectivity index is 0.00000462. The number of pyridine rings is 1. The number of aromatic nitrogens is 1. The summed E-state index contributed by atoms with van der Waals surface area (Å²) < 4.78 is 0. The standard InChI is InChI=1S/C38H38N2.Pt/c1-9-13-15-19-27(5)39-35(12-4)38(36-23-18-22-34(40-36)28-20-16-14-17-21-28)32(11-3)30(10-2)31-25-24-29(26-33(31)38)37(6,7)8;/h9-14,16-18,20,22-26H,1-3,19H2,4-8H3;/q-2;+2/b35-12-,39-27?;. The van der Waals surface area contributed by atoms with Crippen molar-refractivity contribution < 1.29 is 21.1 Å². The predicted molar refractivity (Wildman–Crippen MR) is 171 cm³/mol. The number of nitrogens with zero attached hydrogens (tertiary/aromatic N) is 2. The number of rotatable bonds is 9. The zero-order valence-corrected chi connectivity index (χ0v) is 27.0. The van der Waals surface area contributed by atoms with Crippen LogP contribution in [0.25, 0.3) is 16.8 Å². The molecular weight excluding hydrogens is 680 g/mol. The largest absolute Gasteiger partial charge is 2.00 e. The number of aliphatic imine (C=N–C) groups is 1. The maximum atomic E-state index is 5.31. The van der Waals surface area contributed by atoms with Crippen molar-refractivity contribution in [2.24, 2.45) is 4.99 Å². The van der Waals surface area contributed by atoms with Crippen molar-refractivity contribution in [1.82, 2.24) is 4.98 Å². The van der Waals surface area contributed by atoms with Gasteiger partial charge in [-0.3, -0.25) is 16.1 Å². The molecule has 0 spiro atoms. The number of benzene rings is 2. The molecule has 1 aliphatic carbocycles. The van der Waals surface area contributed by atoms with Crippen LogP contribution in [-0.4, -0.2) is 10.7 Å². The molecule has 210 valence electrons. The van der Waals surface area contributed by atoms with E-state index in [9.17, 15) is 0 Å². The summed E-state index contributed by atoms with van der Waals surface area (Å²) >= 11 is 0. The first kappa shape index (κ1) is 31.9. The van der Waals surface area contributed by atoms with Crippen LogP contribution in [0, 0.1) is 12.1 Å². The van der Waals surface area contributed by atoms with Crippen molar-refractivity contribution in [3.8, 4) is 11.3 Å². The summed E-state index contributed by atoms with van der Waals surface area (Å²) in [5, 5.41) is 0. The first-order valence-corrected chi connectivity index (χ1v) is 13.7. The van der Waals surface area contributed by atoms with Gasteiger partial charge in [0.15, 0.2) is 0 Å². The third-order valence-corrected chi connectivity index (χ3v) is 7.36. The van der Waals surface area contributed by atoms with Gasteiger partial charge >= 0.3 is 21.1 Å². The van der Waals surface area contributed by atoms with Crippen molar-refractivity contribution in [2.75, 3.05) is 0 Å². The van der Waals surface area contributed by atoms with E-state index in [-0.39, 0.29) is 26.5 Å². The maximum absolute atomic E-state index is 5.31. The third kappa shape index (κ3) is 6.04. The molecule has 41 heavy (non-hydrogen) atoms. The summed E-state index contributed by atoms with van der Waals surface area (Å²) in [7, 11) is 0. The minimum atomic E-state index is -0.787. The molecule has 1 atom stereocenters. The topological polar surface area (TPSA) is 25.2 Å². The second-order valence-corrected chi connectivity index (χ2v) is 11.0. The number of hydrogen-bond acceptors (Lipinski definition) is 2. The molecule has 0 bridgehead atoms. The Morgan fingerprint density at radius 2 is 1.83 bits per heavy atom. The van der Waals surface area contributed by atoms with E-state index in [1.165, 1.54) is 5.56 Å². The fourth-order valence-corrected chi connectivity index (χ4v) is 5.46. The molecule has 3 heteroatoms. The van der Waals surface area contributed by atoms with E-state index >= 15 is 0 Å². The van der Waals surface area contributed by atoms with Crippen LogP contribution in [0.3, 0.4) is 0 Å². The smallest absolute Gasteiger partial charge is 0.300 e. The summed E-state index contributed by atoms with van der Waals surface area (Å²) in [5.74, 6) is 0. The fourth-order valence-electron chi connectivity index (χ4n) is 5.46. The molecule has 0 radical (unpaired) electrons. The Labute approximate surface area is 261 Å². The van der Waals surface area contributed by atoms with E-state index in [1.807, 2.05) is 62.4 Å². The molecule has 1 aromatic heterocycles. The summed E-state index contributed by atoms with van der Waals surface area (Å²) in [6, 6.07) is 24.3. The molecule has 0 fully saturated rings. The van der Waals surface area contributed by atoms with Crippen molar-refractivity contribution >= 4 is 11.3 Å². The van der Waals surface area contributed by atoms with Gasteiger partial charge < -0.3 is 0 Å². The minimum absolute atomic E-state index is 0. The molecule has 1 heterocycles. The average molecular weight is 718 g/mol. The maximum Gasteiger partial charge on any atom is 2.00 e. The van der Waals surface area contributed by atoms with Crippen molar-refractivity contribution in [2.45, 2.75) is 51.9 Å². The van der Waals surface area contributed by atoms with Gasteiger partial charge in [-0.15, -0.1) is 35.9 Å². The average Bonchev–Trinajstić information content (AvgIpc) is 3.25. The molecule has 2 aromatic carbocycles. The van der Waals surface area contributed by atoms with E-state index in [4.69, 9.17) is 9.98 Å². The van der Waals surface area contributed by atoms with Crippen LogP contribution in [0.1, 0.15) is 63.4 Å². The van der Waals surface area contributed by atoms with Crippen LogP contribution >= 0.6 is 0 Å². The van der Waals surface area contributed by atoms with Gasteiger partial charge in [-0.2, -0.15) is 6.58 Å². The van der Waals surface area contributed by atoms with E-state index in [1.54, 1.807) is 6.08 Å². The molecule has 3 aromatic rings. The number of allylic oxidation sites excluding steroid dienone is 8. The van der Waals surface area contributed by atoms with Crippen LogP contribution in [0.4, 0.5) is 0 Å². The normalized spacial score (nSPS) is 17.3. The Bertz CT molecular complexity index is 1560. The van der Waals surface area contributed by atoms with Gasteiger partial charge in [-0.1, -0.05) is 88.9 Å². The van der Waals surface area contributed by atoms with Crippen LogP contribution < -0.4 is 0 Å². The molecule has 4 rings (SSSR count). The Morgan fingerprint density at radius 3 is 2.44 bits per heavy atom. The van der Waals surface area contributed by atoms with E-state index in [0.29, 0.717) is 6.42 Å². The molecule has 0 N–H and O–H groups in total. The van der Waals surface area contributed by atoms with Crippen LogP contribution in [0.5, 0.6) is 0 Å². The second kappa shape index (κ2) is 13.4. The van der Waals surface area contributed by atoms with Gasteiger partial charge in [0.2, 0.25) is 0 Å². The summed E-state index contributed by atoms with van der Waals surface area (Å²) in [4.78, 5) is 10.6. The molecule has 1 unspecified atom stereocenters. The van der Waals surface area contributed by atoms with Gasteiger partial charge in [0.05, 0.1) is 11.4 Å². The van der Waals surface area contributed by atoms with Gasteiger partial charge in [0.1, 0.15) is 5.41 Å². The molecular formula is C38H38N2Pt. The van der Waals surface area contributed by atoms with Crippen molar-refractivity contribution in [3.05, 3.63) is 157 Å². The third-order valence-electron chi connectivity index (χ3n) is 7.36. The van der Waals surface area contributed by atoms with Crippen molar-refractivity contribution in [3.63, 3.8) is 0 Å². The van der Waals surface area contributed by atoms with Crippen LogP contribution in [0.2, 0.25) is 0 Å². The van der Waals surface area contributed by atoms with Crippen molar-refractivity contribution in [1.29, 1.82) is 0 Å². The van der Waals surface area contributed by atoms with Gasteiger partial charge in [-0.25, -0.2) is 12.2 Å². The quantitative estimate of drug-likeness (QED) is 0.123. The van der Waals surface area contributed by atoms with Gasteiger partial charge in [0.25, 0.3) is 0 Å². The van der Waals surface area contributed by atoms with Crippen LogP contribution in [-0.2, 0) is 31.9 Å². The molecule has 1 aliphatic rings. The van der Waals surface area contributed by atoms with Gasteiger partial charge in [0, 0.05) is 5.71 Å². The fraction of sp³-hybridized carbons (Fsp3) is 0.211. The first-order valence-electron chi connectivity index (χ1n) is 13.7. The zero-order valence-electron chi connectivity index (χ0n) is 24.7. The zero-order chi connectivity index (χ0) is 28.9. The van der Waals surface area contributed by atoms with Crippen LogP contribution in [0.15, 0.2) is 127 Å². The summed E-state index contributed by atoms with van der Waals surface area (Å²) in [6.07, 6.45) is 13.4. The minimum Gasteiger partial charge on any atom is -0.300 e. The van der Waals surface area contributed by atoms with E-state index in [2.05, 4.69) is 89.1 Å². The monoisotopic (exact) mass is 717 g/mol. The summed E-state index contributed by atoms with van der Waals surface area (Å²) in [5.41, 5.74) is 9.29. The summed E-state index contributed by atoms with van der Waals surface area (Å²) in [6.45, 7) is 23.1. The molecule has 0 amide bonds. The molecule has 0 saturated heterocycles. The molecule has 0 saturated carbocycles. The molecule has 0 aliphatic heterocycles. The Kier molecular flexibility index (Phi) is 10.4. The number of hydrogen-bond donors (Lipinski definition) is 0. The van der Waals surface area contributed by atoms with E-state index < -0.39 is 5.41 Å². The van der Waals surface area contributed by atoms with Gasteiger partial charge in [-0.05, 0) is 58.9 Å². The molecule has 2 nitrogen and oxygen atoms in total. The van der Waals surface area contributed by atoms with E-state index in [0.717, 1.165) is 50.6 Å². The number of fused-ring (bicyclic) bond motifs is 1.